The van der Waals surface area contributed by atoms with E-state index in [-0.39, 0.29) is 28.9 Å². The van der Waals surface area contributed by atoms with Crippen LogP contribution in [0.2, 0.25) is 0 Å². The van der Waals surface area contributed by atoms with E-state index in [1.54, 1.807) is 19.1 Å². The topological polar surface area (TPSA) is 81.8 Å². The molecule has 0 radical (unpaired) electrons. The average molecular weight is 253 g/mol. The van der Waals surface area contributed by atoms with Crippen molar-refractivity contribution in [2.45, 2.75) is 25.0 Å². The monoisotopic (exact) mass is 253 g/mol. The van der Waals surface area contributed by atoms with Gasteiger partial charge in [-0.05, 0) is 6.07 Å². The van der Waals surface area contributed by atoms with Crippen LogP contribution >= 0.6 is 0 Å². The second-order valence-corrected chi connectivity index (χ2v) is 4.55. The second kappa shape index (κ2) is 4.45. The number of para-hydroxylation sites is 1. The first-order valence-electron chi connectivity index (χ1n) is 5.63. The Labute approximate surface area is 104 Å². The minimum atomic E-state index is -0.952. The Morgan fingerprint density at radius 1 is 1.67 bits per heavy atom. The summed E-state index contributed by atoms with van der Waals surface area (Å²) < 4.78 is 10.9. The van der Waals surface area contributed by atoms with Crippen LogP contribution in [0.5, 0.6) is 11.5 Å². The van der Waals surface area contributed by atoms with Crippen molar-refractivity contribution in [3.05, 3.63) is 33.9 Å². The summed E-state index contributed by atoms with van der Waals surface area (Å²) in [7, 11) is 1.48. The predicted octanol–water partition coefficient (Wildman–Crippen LogP) is 1.90. The van der Waals surface area contributed by atoms with Crippen LogP contribution < -0.4 is 4.74 Å². The quantitative estimate of drug-likeness (QED) is 0.657. The number of aromatic hydroxyl groups is 1. The lowest BCUT2D eigenvalue weighted by atomic mass is 9.88. The molecule has 0 spiro atoms. The number of rotatable bonds is 3. The molecule has 0 aromatic heterocycles. The van der Waals surface area contributed by atoms with Gasteiger partial charge in [0.25, 0.3) is 0 Å². The molecule has 0 saturated carbocycles. The van der Waals surface area contributed by atoms with Gasteiger partial charge >= 0.3 is 0 Å². The molecule has 6 nitrogen and oxygen atoms in total. The van der Waals surface area contributed by atoms with Crippen LogP contribution in [-0.2, 0) is 4.74 Å². The van der Waals surface area contributed by atoms with Crippen molar-refractivity contribution in [1.82, 2.24) is 0 Å². The Kier molecular flexibility index (Phi) is 3.13. The summed E-state index contributed by atoms with van der Waals surface area (Å²) in [5.41, 5.74) is 0.654. The second-order valence-electron chi connectivity index (χ2n) is 4.55. The van der Waals surface area contributed by atoms with E-state index in [2.05, 4.69) is 0 Å². The highest BCUT2D eigenvalue weighted by atomic mass is 16.7. The lowest BCUT2D eigenvalue weighted by Crippen LogP contribution is -2.41. The summed E-state index contributed by atoms with van der Waals surface area (Å²) in [5.74, 6) is -1.03. The molecule has 0 fully saturated rings. The predicted molar refractivity (Wildman–Crippen MR) is 63.4 cm³/mol. The molecule has 0 bridgehead atoms. The third kappa shape index (κ3) is 2.24. The summed E-state index contributed by atoms with van der Waals surface area (Å²) in [5, 5.41) is 20.5. The Bertz CT molecular complexity index is 476. The first kappa shape index (κ1) is 12.6. The fraction of sp³-hybridized carbons (Fsp3) is 0.500. The number of nitro groups is 1. The maximum atomic E-state index is 10.7. The third-order valence-corrected chi connectivity index (χ3v) is 3.20. The van der Waals surface area contributed by atoms with Gasteiger partial charge in [-0.1, -0.05) is 12.1 Å². The molecule has 1 aromatic carbocycles. The molecule has 0 saturated heterocycles. The fourth-order valence-corrected chi connectivity index (χ4v) is 2.26. The van der Waals surface area contributed by atoms with E-state index in [0.717, 1.165) is 0 Å². The molecule has 1 aromatic rings. The number of fused-ring (bicyclic) bond motifs is 1. The molecule has 1 N–H and O–H groups in total. The highest BCUT2D eigenvalue weighted by molar-refractivity contribution is 5.49. The highest BCUT2D eigenvalue weighted by Crippen LogP contribution is 2.45. The molecule has 0 unspecified atom stereocenters. The summed E-state index contributed by atoms with van der Waals surface area (Å²) >= 11 is 0. The Morgan fingerprint density at radius 2 is 2.39 bits per heavy atom. The van der Waals surface area contributed by atoms with Crippen LogP contribution in [0, 0.1) is 10.1 Å². The van der Waals surface area contributed by atoms with Crippen molar-refractivity contribution in [3.63, 3.8) is 0 Å². The molecular formula is C12H15NO5. The first-order chi connectivity index (χ1) is 8.45. The fourth-order valence-electron chi connectivity index (χ4n) is 2.26. The zero-order valence-electron chi connectivity index (χ0n) is 10.3. The number of phenolic OH excluding ortho intramolecular Hbond substituents is 1. The maximum absolute atomic E-state index is 10.7. The Balaban J connectivity index is 2.44. The van der Waals surface area contributed by atoms with Crippen molar-refractivity contribution < 1.29 is 19.5 Å². The van der Waals surface area contributed by atoms with Gasteiger partial charge < -0.3 is 14.6 Å². The van der Waals surface area contributed by atoms with Crippen molar-refractivity contribution in [3.8, 4) is 11.5 Å². The lowest BCUT2D eigenvalue weighted by molar-refractivity contribution is -0.485. The Morgan fingerprint density at radius 3 is 3.00 bits per heavy atom. The molecule has 18 heavy (non-hydrogen) atoms. The van der Waals surface area contributed by atoms with Crippen LogP contribution in [-0.4, -0.2) is 29.5 Å². The Hall–Kier alpha value is -1.82. The summed E-state index contributed by atoms with van der Waals surface area (Å²) in [4.78, 5) is 10.4. The third-order valence-electron chi connectivity index (χ3n) is 3.20. The minimum absolute atomic E-state index is 0.0242. The number of phenols is 1. The molecule has 6 heteroatoms. The molecule has 1 aliphatic rings. The number of hydrogen-bond donors (Lipinski definition) is 1. The lowest BCUT2D eigenvalue weighted by Gasteiger charge is -2.37. The number of ether oxygens (including phenoxy) is 2. The van der Waals surface area contributed by atoms with E-state index < -0.39 is 5.79 Å². The smallest absolute Gasteiger partial charge is 0.211 e. The zero-order valence-corrected chi connectivity index (χ0v) is 10.3. The van der Waals surface area contributed by atoms with E-state index in [0.29, 0.717) is 12.0 Å². The van der Waals surface area contributed by atoms with E-state index in [1.165, 1.54) is 13.2 Å². The van der Waals surface area contributed by atoms with Gasteiger partial charge in [0, 0.05) is 30.9 Å². The normalized spacial score (nSPS) is 26.2. The molecule has 2 atom stereocenters. The molecule has 1 aliphatic heterocycles. The number of nitrogens with zero attached hydrogens (tertiary/aromatic N) is 1. The van der Waals surface area contributed by atoms with Crippen LogP contribution in [0.15, 0.2) is 18.2 Å². The molecule has 2 rings (SSSR count). The van der Waals surface area contributed by atoms with Gasteiger partial charge in [0.2, 0.25) is 12.3 Å². The van der Waals surface area contributed by atoms with Gasteiger partial charge in [0.1, 0.15) is 0 Å². The van der Waals surface area contributed by atoms with Crippen molar-refractivity contribution in [2.24, 2.45) is 0 Å². The van der Waals surface area contributed by atoms with Gasteiger partial charge in [-0.25, -0.2) is 0 Å². The maximum Gasteiger partial charge on any atom is 0.211 e. The van der Waals surface area contributed by atoms with Gasteiger partial charge in [-0.2, -0.15) is 0 Å². The minimum Gasteiger partial charge on any atom is -0.504 e. The average Bonchev–Trinajstić information content (AvgIpc) is 2.30. The largest absolute Gasteiger partial charge is 0.504 e. The summed E-state index contributed by atoms with van der Waals surface area (Å²) in [6.07, 6.45) is 0.376. The molecule has 1 heterocycles. The van der Waals surface area contributed by atoms with Crippen LogP contribution in [0.1, 0.15) is 24.8 Å². The van der Waals surface area contributed by atoms with Gasteiger partial charge in [0.15, 0.2) is 11.5 Å². The van der Waals surface area contributed by atoms with E-state index >= 15 is 0 Å². The molecule has 98 valence electrons. The number of methoxy groups -OCH3 is 1. The van der Waals surface area contributed by atoms with Crippen molar-refractivity contribution >= 4 is 0 Å². The highest BCUT2D eigenvalue weighted by Gasteiger charge is 2.40. The van der Waals surface area contributed by atoms with Gasteiger partial charge in [-0.15, -0.1) is 0 Å². The molecule has 0 amide bonds. The first-order valence-corrected chi connectivity index (χ1v) is 5.63. The summed E-state index contributed by atoms with van der Waals surface area (Å²) in [6.45, 7) is 1.49. The van der Waals surface area contributed by atoms with Crippen LogP contribution in [0.3, 0.4) is 0 Å². The van der Waals surface area contributed by atoms with E-state index in [1.807, 2.05) is 0 Å². The van der Waals surface area contributed by atoms with Crippen LogP contribution in [0.25, 0.3) is 0 Å². The van der Waals surface area contributed by atoms with Crippen molar-refractivity contribution in [2.75, 3.05) is 13.7 Å². The molecular weight excluding hydrogens is 238 g/mol. The number of benzene rings is 1. The molecule has 0 aliphatic carbocycles. The van der Waals surface area contributed by atoms with Gasteiger partial charge in [-0.3, -0.25) is 10.1 Å². The SMILES string of the molecule is CO[C@]1(C)C[C@H](C[N+](=O)[O-])c2cccc(O)c2O1. The van der Waals surface area contributed by atoms with E-state index in [9.17, 15) is 15.2 Å². The van der Waals surface area contributed by atoms with Crippen LogP contribution in [0.4, 0.5) is 0 Å². The van der Waals surface area contributed by atoms with Crippen molar-refractivity contribution in [1.29, 1.82) is 0 Å². The van der Waals surface area contributed by atoms with Gasteiger partial charge in [0.05, 0.1) is 5.92 Å². The number of hydrogen-bond acceptors (Lipinski definition) is 5. The summed E-state index contributed by atoms with van der Waals surface area (Å²) in [6, 6.07) is 4.88. The van der Waals surface area contributed by atoms with E-state index in [4.69, 9.17) is 9.47 Å². The zero-order chi connectivity index (χ0) is 13.3. The standard InChI is InChI=1S/C12H15NO5/c1-12(17-2)6-8(7-13(15)16)9-4-3-5-10(14)11(9)18-12/h3-5,8,14H,6-7H2,1-2H3/t8-,12+/m1/s1.